The molecule has 0 aliphatic heterocycles. The zero-order valence-electron chi connectivity index (χ0n) is 10.9. The zero-order chi connectivity index (χ0) is 12.9. The Morgan fingerprint density at radius 3 is 2.41 bits per heavy atom. The third kappa shape index (κ3) is 4.61. The fourth-order valence-electron chi connectivity index (χ4n) is 1.41. The van der Waals surface area contributed by atoms with Crippen molar-refractivity contribution in [2.45, 2.75) is 37.9 Å². The van der Waals surface area contributed by atoms with Crippen LogP contribution < -0.4 is 5.32 Å². The molecular weight excluding hydrogens is 234 g/mol. The quantitative estimate of drug-likeness (QED) is 0.596. The van der Waals surface area contributed by atoms with Crippen LogP contribution in [0.3, 0.4) is 0 Å². The summed E-state index contributed by atoms with van der Waals surface area (Å²) in [7, 11) is 1.87. The molecule has 0 amide bonds. The molecule has 4 nitrogen and oxygen atoms in total. The molecule has 2 N–H and O–H groups in total. The molecule has 0 saturated heterocycles. The topological polar surface area (TPSA) is 58.0 Å². The summed E-state index contributed by atoms with van der Waals surface area (Å²) in [4.78, 5) is 8.75. The number of aryl methyl sites for hydroxylation is 2. The highest BCUT2D eigenvalue weighted by atomic mass is 32.2. The number of hydrogen-bond donors (Lipinski definition) is 2. The molecule has 17 heavy (non-hydrogen) atoms. The smallest absolute Gasteiger partial charge is 0.187 e. The van der Waals surface area contributed by atoms with Crippen molar-refractivity contribution in [1.82, 2.24) is 15.3 Å². The third-order valence-corrected chi connectivity index (χ3v) is 3.65. The molecule has 1 heterocycles. The van der Waals surface area contributed by atoms with Gasteiger partial charge < -0.3 is 10.4 Å². The minimum atomic E-state index is -0.216. The van der Waals surface area contributed by atoms with Crippen LogP contribution in [0.15, 0.2) is 11.2 Å². The molecule has 1 atom stereocenters. The second-order valence-electron chi connectivity index (χ2n) is 4.50. The number of thioether (sulfide) groups is 1. The lowest BCUT2D eigenvalue weighted by Crippen LogP contribution is -2.43. The van der Waals surface area contributed by atoms with Gasteiger partial charge in [-0.25, -0.2) is 9.97 Å². The van der Waals surface area contributed by atoms with Gasteiger partial charge in [-0.15, -0.1) is 0 Å². The molecule has 0 bridgehead atoms. The van der Waals surface area contributed by atoms with E-state index in [4.69, 9.17) is 0 Å². The number of aliphatic hydroxyl groups excluding tert-OH is 1. The van der Waals surface area contributed by atoms with Crippen molar-refractivity contribution in [2.75, 3.05) is 19.4 Å². The monoisotopic (exact) mass is 255 g/mol. The molecule has 0 radical (unpaired) electrons. The van der Waals surface area contributed by atoms with Crippen LogP contribution in [-0.2, 0) is 0 Å². The van der Waals surface area contributed by atoms with Crippen LogP contribution in [-0.4, -0.2) is 40.0 Å². The van der Waals surface area contributed by atoms with Crippen molar-refractivity contribution in [3.63, 3.8) is 0 Å². The SMILES string of the molecule is CNC(C)(CO)CCSc1nc(C)cc(C)n1. The first kappa shape index (κ1) is 14.4. The Morgan fingerprint density at radius 1 is 1.35 bits per heavy atom. The molecule has 0 aliphatic rings. The Kier molecular flexibility index (Phi) is 5.36. The van der Waals surface area contributed by atoms with Crippen LogP contribution in [0, 0.1) is 13.8 Å². The molecule has 1 aromatic heterocycles. The summed E-state index contributed by atoms with van der Waals surface area (Å²) < 4.78 is 0. The summed E-state index contributed by atoms with van der Waals surface area (Å²) in [6, 6.07) is 1.97. The Bertz CT molecular complexity index is 347. The normalized spacial score (nSPS) is 14.6. The number of likely N-dealkylation sites (N-methyl/N-ethyl adjacent to an activating group) is 1. The first-order valence-electron chi connectivity index (χ1n) is 5.74. The van der Waals surface area contributed by atoms with Gasteiger partial charge in [0, 0.05) is 22.7 Å². The Hall–Kier alpha value is -0.650. The summed E-state index contributed by atoms with van der Waals surface area (Å²) >= 11 is 1.63. The van der Waals surface area contributed by atoms with Gasteiger partial charge in [0.1, 0.15) is 0 Å². The van der Waals surface area contributed by atoms with Gasteiger partial charge in [-0.2, -0.15) is 0 Å². The maximum atomic E-state index is 9.27. The van der Waals surface area contributed by atoms with Crippen molar-refractivity contribution >= 4 is 11.8 Å². The van der Waals surface area contributed by atoms with Gasteiger partial charge in [0.05, 0.1) is 6.61 Å². The van der Waals surface area contributed by atoms with E-state index in [1.165, 1.54) is 0 Å². The maximum Gasteiger partial charge on any atom is 0.187 e. The summed E-state index contributed by atoms with van der Waals surface area (Å²) in [5.74, 6) is 0.890. The molecule has 5 heteroatoms. The molecule has 0 aliphatic carbocycles. The lowest BCUT2D eigenvalue weighted by atomic mass is 10.0. The standard InChI is InChI=1S/C12H21N3OS/c1-9-7-10(2)15-11(14-9)17-6-5-12(3,8-16)13-4/h7,13,16H,5-6,8H2,1-4H3. The van der Waals surface area contributed by atoms with E-state index in [9.17, 15) is 5.11 Å². The minimum absolute atomic E-state index is 0.137. The average molecular weight is 255 g/mol. The highest BCUT2D eigenvalue weighted by molar-refractivity contribution is 7.99. The van der Waals surface area contributed by atoms with E-state index < -0.39 is 0 Å². The first-order chi connectivity index (χ1) is 7.99. The number of nitrogens with zero attached hydrogens (tertiary/aromatic N) is 2. The second kappa shape index (κ2) is 6.33. The van der Waals surface area contributed by atoms with Crippen LogP contribution in [0.5, 0.6) is 0 Å². The first-order valence-corrected chi connectivity index (χ1v) is 6.72. The molecule has 1 unspecified atom stereocenters. The molecule has 0 aromatic carbocycles. The fraction of sp³-hybridized carbons (Fsp3) is 0.667. The van der Waals surface area contributed by atoms with E-state index in [1.807, 2.05) is 33.9 Å². The summed E-state index contributed by atoms with van der Waals surface area (Å²) in [6.45, 7) is 6.10. The fourth-order valence-corrected chi connectivity index (χ4v) is 2.56. The Morgan fingerprint density at radius 2 is 1.94 bits per heavy atom. The van der Waals surface area contributed by atoms with Gasteiger partial charge in [-0.05, 0) is 40.3 Å². The van der Waals surface area contributed by atoms with Gasteiger partial charge in [0.15, 0.2) is 5.16 Å². The van der Waals surface area contributed by atoms with Crippen molar-refractivity contribution in [3.05, 3.63) is 17.5 Å². The highest BCUT2D eigenvalue weighted by Crippen LogP contribution is 2.19. The molecule has 1 rings (SSSR count). The van der Waals surface area contributed by atoms with Crippen molar-refractivity contribution in [2.24, 2.45) is 0 Å². The van der Waals surface area contributed by atoms with Gasteiger partial charge in [0.2, 0.25) is 0 Å². The maximum absolute atomic E-state index is 9.27. The largest absolute Gasteiger partial charge is 0.394 e. The number of hydrogen-bond acceptors (Lipinski definition) is 5. The van der Waals surface area contributed by atoms with Crippen LogP contribution >= 0.6 is 11.8 Å². The van der Waals surface area contributed by atoms with Crippen molar-refractivity contribution in [3.8, 4) is 0 Å². The van der Waals surface area contributed by atoms with E-state index in [-0.39, 0.29) is 12.1 Å². The van der Waals surface area contributed by atoms with E-state index in [1.54, 1.807) is 11.8 Å². The molecule has 0 saturated carbocycles. The van der Waals surface area contributed by atoms with Gasteiger partial charge in [-0.3, -0.25) is 0 Å². The molecule has 0 spiro atoms. The van der Waals surface area contributed by atoms with Gasteiger partial charge in [0.25, 0.3) is 0 Å². The van der Waals surface area contributed by atoms with Crippen LogP contribution in [0.4, 0.5) is 0 Å². The van der Waals surface area contributed by atoms with Gasteiger partial charge >= 0.3 is 0 Å². The van der Waals surface area contributed by atoms with Crippen LogP contribution in [0.2, 0.25) is 0 Å². The lowest BCUT2D eigenvalue weighted by Gasteiger charge is -2.26. The summed E-state index contributed by atoms with van der Waals surface area (Å²) in [5.41, 5.74) is 1.78. The lowest BCUT2D eigenvalue weighted by molar-refractivity contribution is 0.179. The Labute approximate surface area is 107 Å². The molecule has 0 fully saturated rings. The minimum Gasteiger partial charge on any atom is -0.394 e. The Balaban J connectivity index is 2.51. The molecule has 1 aromatic rings. The number of nitrogens with one attached hydrogen (secondary N) is 1. The van der Waals surface area contributed by atoms with Crippen molar-refractivity contribution < 1.29 is 5.11 Å². The number of aromatic nitrogens is 2. The molecular formula is C12H21N3OS. The van der Waals surface area contributed by atoms with Crippen molar-refractivity contribution in [1.29, 1.82) is 0 Å². The van der Waals surface area contributed by atoms with Crippen LogP contribution in [0.1, 0.15) is 24.7 Å². The predicted octanol–water partition coefficient (Wildman–Crippen LogP) is 1.55. The van der Waals surface area contributed by atoms with Gasteiger partial charge in [-0.1, -0.05) is 11.8 Å². The van der Waals surface area contributed by atoms with E-state index in [2.05, 4.69) is 15.3 Å². The average Bonchev–Trinajstić information content (AvgIpc) is 2.27. The molecule has 96 valence electrons. The number of rotatable bonds is 6. The van der Waals surface area contributed by atoms with E-state index in [0.29, 0.717) is 0 Å². The van der Waals surface area contributed by atoms with E-state index >= 15 is 0 Å². The zero-order valence-corrected chi connectivity index (χ0v) is 11.8. The van der Waals surface area contributed by atoms with E-state index in [0.717, 1.165) is 28.7 Å². The number of aliphatic hydroxyl groups is 1. The predicted molar refractivity (Wildman–Crippen MR) is 71.4 cm³/mol. The summed E-state index contributed by atoms with van der Waals surface area (Å²) in [5, 5.41) is 13.2. The van der Waals surface area contributed by atoms with Crippen LogP contribution in [0.25, 0.3) is 0 Å². The highest BCUT2D eigenvalue weighted by Gasteiger charge is 2.20. The second-order valence-corrected chi connectivity index (χ2v) is 5.56. The third-order valence-electron chi connectivity index (χ3n) is 2.80. The summed E-state index contributed by atoms with van der Waals surface area (Å²) in [6.07, 6.45) is 0.876.